The van der Waals surface area contributed by atoms with Crippen LogP contribution in [0.3, 0.4) is 0 Å². The maximum atomic E-state index is 12.5. The average Bonchev–Trinajstić information content (AvgIpc) is 2.53. The summed E-state index contributed by atoms with van der Waals surface area (Å²) >= 11 is 0. The molecule has 1 aromatic carbocycles. The summed E-state index contributed by atoms with van der Waals surface area (Å²) in [6, 6.07) is 6.99. The van der Waals surface area contributed by atoms with Gasteiger partial charge in [0.05, 0.1) is 5.92 Å². The van der Waals surface area contributed by atoms with Crippen LogP contribution in [0.1, 0.15) is 84.8 Å². The summed E-state index contributed by atoms with van der Waals surface area (Å²) in [7, 11) is 0. The molecule has 0 bridgehead atoms. The zero-order chi connectivity index (χ0) is 19.2. The predicted molar refractivity (Wildman–Crippen MR) is 108 cm³/mol. The van der Waals surface area contributed by atoms with E-state index in [1.165, 1.54) is 16.8 Å². The van der Waals surface area contributed by atoms with Crippen LogP contribution in [0, 0.1) is 5.92 Å². The molecule has 144 valence electrons. The maximum Gasteiger partial charge on any atom is 0.309 e. The lowest BCUT2D eigenvalue weighted by Crippen LogP contribution is -2.40. The second-order valence-electron chi connectivity index (χ2n) is 10.3. The fourth-order valence-electron chi connectivity index (χ4n) is 4.50. The van der Waals surface area contributed by atoms with Gasteiger partial charge in [-0.1, -0.05) is 32.9 Å². The third-order valence-corrected chi connectivity index (χ3v) is 6.06. The van der Waals surface area contributed by atoms with Gasteiger partial charge in [0, 0.05) is 12.2 Å². The summed E-state index contributed by atoms with van der Waals surface area (Å²) in [4.78, 5) is 12.5. The minimum Gasteiger partial charge on any atom is -0.460 e. The number of carbonyl (C=O) groups is 1. The Morgan fingerprint density at radius 3 is 2.31 bits per heavy atom. The van der Waals surface area contributed by atoms with Gasteiger partial charge in [0.15, 0.2) is 0 Å². The molecule has 26 heavy (non-hydrogen) atoms. The van der Waals surface area contributed by atoms with Crippen molar-refractivity contribution in [3.63, 3.8) is 0 Å². The van der Waals surface area contributed by atoms with Crippen molar-refractivity contribution in [3.05, 3.63) is 29.3 Å². The Labute approximate surface area is 158 Å². The lowest BCUT2D eigenvalue weighted by molar-refractivity contribution is -0.161. The fraction of sp³-hybridized carbons (Fsp3) is 0.696. The molecule has 1 aliphatic carbocycles. The molecule has 1 N–H and O–H groups in total. The Bertz CT molecular complexity index is 670. The SMILES string of the molecule is CC(C)(C)OC(=O)C1CCC2(CCNc3cc(C(C)(C)C)ccc32)CC1. The second kappa shape index (κ2) is 6.58. The minimum absolute atomic E-state index is 0.00964. The molecule has 1 aromatic rings. The van der Waals surface area contributed by atoms with Crippen LogP contribution in [0.2, 0.25) is 0 Å². The molecular formula is C23H35NO2. The molecule has 0 radical (unpaired) electrons. The van der Waals surface area contributed by atoms with E-state index in [1.54, 1.807) is 0 Å². The summed E-state index contributed by atoms with van der Waals surface area (Å²) in [6.07, 6.45) is 5.21. The van der Waals surface area contributed by atoms with Gasteiger partial charge in [-0.05, 0) is 80.9 Å². The standard InChI is InChI=1S/C23H35NO2/c1-21(2,3)17-7-8-18-19(15-17)24-14-13-23(18)11-9-16(10-12-23)20(25)26-22(4,5)6/h7-8,15-16,24H,9-14H2,1-6H3. The topological polar surface area (TPSA) is 38.3 Å². The van der Waals surface area contributed by atoms with E-state index in [0.717, 1.165) is 38.6 Å². The Balaban J connectivity index is 1.77. The van der Waals surface area contributed by atoms with Crippen molar-refractivity contribution < 1.29 is 9.53 Å². The van der Waals surface area contributed by atoms with Crippen LogP contribution in [-0.2, 0) is 20.4 Å². The van der Waals surface area contributed by atoms with E-state index in [2.05, 4.69) is 44.3 Å². The monoisotopic (exact) mass is 357 g/mol. The number of benzene rings is 1. The van der Waals surface area contributed by atoms with E-state index in [0.29, 0.717) is 0 Å². The van der Waals surface area contributed by atoms with Crippen LogP contribution < -0.4 is 5.32 Å². The summed E-state index contributed by atoms with van der Waals surface area (Å²) in [5.74, 6) is 0.0524. The van der Waals surface area contributed by atoms with Crippen molar-refractivity contribution in [2.75, 3.05) is 11.9 Å². The number of ether oxygens (including phenoxy) is 1. The average molecular weight is 358 g/mol. The van der Waals surface area contributed by atoms with Gasteiger partial charge >= 0.3 is 5.97 Å². The first kappa shape index (κ1) is 19.3. The Kier molecular flexibility index (Phi) is 4.87. The van der Waals surface area contributed by atoms with Crippen LogP contribution >= 0.6 is 0 Å². The van der Waals surface area contributed by atoms with Gasteiger partial charge in [-0.2, -0.15) is 0 Å². The van der Waals surface area contributed by atoms with Crippen molar-refractivity contribution >= 4 is 11.7 Å². The molecule has 0 aromatic heterocycles. The van der Waals surface area contributed by atoms with Crippen LogP contribution in [0.25, 0.3) is 0 Å². The molecule has 1 fully saturated rings. The van der Waals surface area contributed by atoms with Crippen LogP contribution in [0.15, 0.2) is 18.2 Å². The minimum atomic E-state index is -0.392. The van der Waals surface area contributed by atoms with Crippen LogP contribution in [0.5, 0.6) is 0 Å². The molecule has 2 aliphatic rings. The van der Waals surface area contributed by atoms with Crippen LogP contribution in [0.4, 0.5) is 5.69 Å². The van der Waals surface area contributed by atoms with Crippen molar-refractivity contribution in [1.29, 1.82) is 0 Å². The largest absolute Gasteiger partial charge is 0.460 e. The van der Waals surface area contributed by atoms with Gasteiger partial charge in [-0.3, -0.25) is 4.79 Å². The van der Waals surface area contributed by atoms with Gasteiger partial charge in [0.25, 0.3) is 0 Å². The zero-order valence-corrected chi connectivity index (χ0v) is 17.4. The summed E-state index contributed by atoms with van der Waals surface area (Å²) < 4.78 is 5.62. The highest BCUT2D eigenvalue weighted by molar-refractivity contribution is 5.73. The van der Waals surface area contributed by atoms with Crippen molar-refractivity contribution in [2.24, 2.45) is 5.92 Å². The normalized spacial score (nSPS) is 26.2. The smallest absolute Gasteiger partial charge is 0.309 e. The zero-order valence-electron chi connectivity index (χ0n) is 17.4. The van der Waals surface area contributed by atoms with E-state index < -0.39 is 5.60 Å². The number of hydrogen-bond acceptors (Lipinski definition) is 3. The van der Waals surface area contributed by atoms with E-state index in [9.17, 15) is 4.79 Å². The van der Waals surface area contributed by atoms with E-state index in [1.807, 2.05) is 20.8 Å². The van der Waals surface area contributed by atoms with Gasteiger partial charge in [0.2, 0.25) is 0 Å². The van der Waals surface area contributed by atoms with Gasteiger partial charge in [-0.25, -0.2) is 0 Å². The van der Waals surface area contributed by atoms with Crippen LogP contribution in [-0.4, -0.2) is 18.1 Å². The molecule has 3 heteroatoms. The summed E-state index contributed by atoms with van der Waals surface area (Å²) in [5.41, 5.74) is 4.14. The molecule has 0 saturated heterocycles. The van der Waals surface area contributed by atoms with Crippen molar-refractivity contribution in [3.8, 4) is 0 Å². The highest BCUT2D eigenvalue weighted by Gasteiger charge is 2.42. The Hall–Kier alpha value is -1.51. The number of anilines is 1. The first-order valence-corrected chi connectivity index (χ1v) is 10.1. The highest BCUT2D eigenvalue weighted by atomic mass is 16.6. The molecule has 0 unspecified atom stereocenters. The van der Waals surface area contributed by atoms with E-state index >= 15 is 0 Å². The fourth-order valence-corrected chi connectivity index (χ4v) is 4.50. The number of nitrogens with one attached hydrogen (secondary N) is 1. The number of hydrogen-bond donors (Lipinski definition) is 1. The lowest BCUT2D eigenvalue weighted by atomic mass is 9.63. The first-order valence-electron chi connectivity index (χ1n) is 10.1. The number of fused-ring (bicyclic) bond motifs is 2. The number of carbonyl (C=O) groups excluding carboxylic acids is 1. The molecule has 3 nitrogen and oxygen atoms in total. The van der Waals surface area contributed by atoms with E-state index in [-0.39, 0.29) is 22.7 Å². The van der Waals surface area contributed by atoms with Gasteiger partial charge < -0.3 is 10.1 Å². The number of rotatable bonds is 1. The molecular weight excluding hydrogens is 322 g/mol. The molecule has 1 aliphatic heterocycles. The molecule has 3 rings (SSSR count). The van der Waals surface area contributed by atoms with E-state index in [4.69, 9.17) is 4.74 Å². The summed E-state index contributed by atoms with van der Waals surface area (Å²) in [6.45, 7) is 13.7. The molecule has 0 atom stereocenters. The maximum absolute atomic E-state index is 12.5. The molecule has 0 amide bonds. The van der Waals surface area contributed by atoms with Gasteiger partial charge in [0.1, 0.15) is 5.60 Å². The van der Waals surface area contributed by atoms with Gasteiger partial charge in [-0.15, -0.1) is 0 Å². The van der Waals surface area contributed by atoms with Crippen molar-refractivity contribution in [2.45, 2.75) is 90.1 Å². The second-order valence-corrected chi connectivity index (χ2v) is 10.3. The third-order valence-electron chi connectivity index (χ3n) is 6.06. The molecule has 1 heterocycles. The third kappa shape index (κ3) is 3.92. The first-order chi connectivity index (χ1) is 12.0. The van der Waals surface area contributed by atoms with Crippen molar-refractivity contribution in [1.82, 2.24) is 0 Å². The quantitative estimate of drug-likeness (QED) is 0.668. The lowest BCUT2D eigenvalue weighted by Gasteiger charge is -2.44. The molecule has 1 spiro atoms. The highest BCUT2D eigenvalue weighted by Crippen LogP contribution is 2.49. The predicted octanol–water partition coefficient (Wildman–Crippen LogP) is 5.57. The Morgan fingerprint density at radius 1 is 1.08 bits per heavy atom. The Morgan fingerprint density at radius 2 is 1.73 bits per heavy atom. The summed E-state index contributed by atoms with van der Waals surface area (Å²) in [5, 5.41) is 3.62. The molecule has 1 saturated carbocycles. The number of esters is 1.